The van der Waals surface area contributed by atoms with Crippen LogP contribution in [0.3, 0.4) is 0 Å². The second-order valence-electron chi connectivity index (χ2n) is 10.3. The molecular formula is C31H27FN6. The Labute approximate surface area is 219 Å². The minimum atomic E-state index is -0.261. The summed E-state index contributed by atoms with van der Waals surface area (Å²) in [5, 5.41) is 9.49. The molecule has 0 radical (unpaired) electrons. The van der Waals surface area contributed by atoms with E-state index in [1.807, 2.05) is 36.8 Å². The molecule has 0 saturated heterocycles. The molecule has 5 aromatic heterocycles. The maximum Gasteiger partial charge on any atom is 0.138 e. The SMILES string of the molecule is Fc1ccccc1-c1ccnc2[nH]c(-c3n[nH]c4cnc(-c5cncc(CC6CCCCC6)c5)cc34)cc12. The summed E-state index contributed by atoms with van der Waals surface area (Å²) < 4.78 is 14.6. The summed E-state index contributed by atoms with van der Waals surface area (Å²) in [6.45, 7) is 0. The summed E-state index contributed by atoms with van der Waals surface area (Å²) in [6, 6.07) is 14.9. The van der Waals surface area contributed by atoms with Gasteiger partial charge >= 0.3 is 0 Å². The van der Waals surface area contributed by atoms with Crippen LogP contribution in [0.1, 0.15) is 37.7 Å². The highest BCUT2D eigenvalue weighted by atomic mass is 19.1. The first kappa shape index (κ1) is 22.8. The first-order valence-electron chi connectivity index (χ1n) is 13.2. The molecule has 5 heterocycles. The molecule has 7 heteroatoms. The topological polar surface area (TPSA) is 83.1 Å². The Balaban J connectivity index is 1.26. The highest BCUT2D eigenvalue weighted by Gasteiger charge is 2.18. The molecule has 1 aromatic carbocycles. The van der Waals surface area contributed by atoms with E-state index in [0.29, 0.717) is 11.2 Å². The summed E-state index contributed by atoms with van der Waals surface area (Å²) in [7, 11) is 0. The molecule has 1 fully saturated rings. The number of nitrogens with zero attached hydrogens (tertiary/aromatic N) is 4. The molecule has 1 aliphatic rings. The van der Waals surface area contributed by atoms with Crippen molar-refractivity contribution in [3.63, 3.8) is 0 Å². The number of aromatic nitrogens is 6. The lowest BCUT2D eigenvalue weighted by atomic mass is 9.85. The monoisotopic (exact) mass is 502 g/mol. The van der Waals surface area contributed by atoms with E-state index < -0.39 is 0 Å². The van der Waals surface area contributed by atoms with Crippen molar-refractivity contribution in [1.29, 1.82) is 0 Å². The molecule has 7 rings (SSSR count). The quantitative estimate of drug-likeness (QED) is 0.256. The number of halogens is 1. The molecule has 2 N–H and O–H groups in total. The Morgan fingerprint density at radius 3 is 2.66 bits per heavy atom. The van der Waals surface area contributed by atoms with Crippen LogP contribution < -0.4 is 0 Å². The first-order valence-corrected chi connectivity index (χ1v) is 13.2. The van der Waals surface area contributed by atoms with Crippen LogP contribution in [0.15, 0.2) is 73.3 Å². The highest BCUT2D eigenvalue weighted by molar-refractivity contribution is 6.00. The fraction of sp³-hybridized carbons (Fsp3) is 0.226. The van der Waals surface area contributed by atoms with Gasteiger partial charge in [-0.1, -0.05) is 50.3 Å². The molecule has 0 unspecified atom stereocenters. The van der Waals surface area contributed by atoms with Gasteiger partial charge in [0.05, 0.1) is 23.1 Å². The van der Waals surface area contributed by atoms with Gasteiger partial charge in [0, 0.05) is 40.5 Å². The molecule has 0 bridgehead atoms. The Morgan fingerprint density at radius 2 is 1.76 bits per heavy atom. The van der Waals surface area contributed by atoms with E-state index in [2.05, 4.69) is 37.3 Å². The van der Waals surface area contributed by atoms with Gasteiger partial charge in [0.2, 0.25) is 0 Å². The Bertz CT molecular complexity index is 1760. The van der Waals surface area contributed by atoms with Crippen molar-refractivity contribution in [2.24, 2.45) is 5.92 Å². The van der Waals surface area contributed by atoms with Crippen LogP contribution in [0.25, 0.3) is 55.7 Å². The van der Waals surface area contributed by atoms with Crippen LogP contribution >= 0.6 is 0 Å². The lowest BCUT2D eigenvalue weighted by Crippen LogP contribution is -2.09. The lowest BCUT2D eigenvalue weighted by molar-refractivity contribution is 0.356. The van der Waals surface area contributed by atoms with Gasteiger partial charge in [-0.15, -0.1) is 0 Å². The molecule has 188 valence electrons. The van der Waals surface area contributed by atoms with E-state index in [0.717, 1.165) is 56.8 Å². The smallest absolute Gasteiger partial charge is 0.138 e. The van der Waals surface area contributed by atoms with Gasteiger partial charge < -0.3 is 4.98 Å². The van der Waals surface area contributed by atoms with Gasteiger partial charge in [0.25, 0.3) is 0 Å². The van der Waals surface area contributed by atoms with Crippen LogP contribution in [-0.4, -0.2) is 30.1 Å². The van der Waals surface area contributed by atoms with E-state index >= 15 is 0 Å². The standard InChI is InChI=1S/C31H27FN6/c32-26-9-5-4-8-23(26)22-10-11-34-31-24(22)14-28(36-31)30-25-15-27(35-18-29(25)37-38-30)21-13-20(16-33-17-21)12-19-6-2-1-3-7-19/h4-5,8-11,13-19H,1-3,6-7,12H2,(H,34,36)(H,37,38). The van der Waals surface area contributed by atoms with E-state index in [-0.39, 0.29) is 5.82 Å². The summed E-state index contributed by atoms with van der Waals surface area (Å²) in [5.41, 5.74) is 7.58. The van der Waals surface area contributed by atoms with Crippen molar-refractivity contribution in [2.75, 3.05) is 0 Å². The number of nitrogens with one attached hydrogen (secondary N) is 2. The Hall–Kier alpha value is -4.39. The number of hydrogen-bond acceptors (Lipinski definition) is 4. The maximum absolute atomic E-state index is 14.6. The van der Waals surface area contributed by atoms with E-state index in [4.69, 9.17) is 4.98 Å². The van der Waals surface area contributed by atoms with Crippen molar-refractivity contribution in [3.05, 3.63) is 84.7 Å². The molecule has 38 heavy (non-hydrogen) atoms. The number of hydrogen-bond donors (Lipinski definition) is 2. The molecule has 1 aliphatic carbocycles. The zero-order chi connectivity index (χ0) is 25.5. The largest absolute Gasteiger partial charge is 0.338 e. The number of H-pyrrole nitrogens is 2. The summed E-state index contributed by atoms with van der Waals surface area (Å²) in [4.78, 5) is 17.1. The molecule has 6 nitrogen and oxygen atoms in total. The Morgan fingerprint density at radius 1 is 0.868 bits per heavy atom. The molecule has 0 aliphatic heterocycles. The summed E-state index contributed by atoms with van der Waals surface area (Å²) >= 11 is 0. The van der Waals surface area contributed by atoms with Crippen LogP contribution in [0.2, 0.25) is 0 Å². The van der Waals surface area contributed by atoms with E-state index in [9.17, 15) is 4.39 Å². The average molecular weight is 503 g/mol. The second kappa shape index (κ2) is 9.49. The van der Waals surface area contributed by atoms with Crippen molar-refractivity contribution in [1.82, 2.24) is 30.1 Å². The van der Waals surface area contributed by atoms with Crippen molar-refractivity contribution in [2.45, 2.75) is 38.5 Å². The van der Waals surface area contributed by atoms with Crippen molar-refractivity contribution >= 4 is 21.9 Å². The van der Waals surface area contributed by atoms with Crippen LogP contribution in [0.4, 0.5) is 4.39 Å². The van der Waals surface area contributed by atoms with Crippen LogP contribution in [-0.2, 0) is 6.42 Å². The second-order valence-corrected chi connectivity index (χ2v) is 10.3. The van der Waals surface area contributed by atoms with Gasteiger partial charge in [0.15, 0.2) is 0 Å². The normalized spacial score (nSPS) is 14.4. The predicted molar refractivity (Wildman–Crippen MR) is 148 cm³/mol. The van der Waals surface area contributed by atoms with Crippen molar-refractivity contribution in [3.8, 4) is 33.8 Å². The van der Waals surface area contributed by atoms with Gasteiger partial charge in [-0.3, -0.25) is 15.1 Å². The molecule has 1 saturated carbocycles. The summed E-state index contributed by atoms with van der Waals surface area (Å²) in [5.74, 6) is 0.490. The number of benzene rings is 1. The van der Waals surface area contributed by atoms with Crippen LogP contribution in [0, 0.1) is 11.7 Å². The third kappa shape index (κ3) is 4.14. The molecule has 6 aromatic rings. The van der Waals surface area contributed by atoms with E-state index in [1.165, 1.54) is 43.7 Å². The van der Waals surface area contributed by atoms with Gasteiger partial charge in [-0.2, -0.15) is 5.10 Å². The number of aromatic amines is 2. The molecule has 0 atom stereocenters. The average Bonchev–Trinajstić information content (AvgIpc) is 3.58. The zero-order valence-corrected chi connectivity index (χ0v) is 20.9. The third-order valence-electron chi connectivity index (χ3n) is 7.74. The molecule has 0 spiro atoms. The number of fused-ring (bicyclic) bond motifs is 2. The van der Waals surface area contributed by atoms with E-state index in [1.54, 1.807) is 18.3 Å². The third-order valence-corrected chi connectivity index (χ3v) is 7.74. The lowest BCUT2D eigenvalue weighted by Gasteiger charge is -2.21. The van der Waals surface area contributed by atoms with Crippen LogP contribution in [0.5, 0.6) is 0 Å². The van der Waals surface area contributed by atoms with Crippen molar-refractivity contribution < 1.29 is 4.39 Å². The van der Waals surface area contributed by atoms with Gasteiger partial charge in [0.1, 0.15) is 17.2 Å². The first-order chi connectivity index (χ1) is 18.7. The van der Waals surface area contributed by atoms with Gasteiger partial charge in [-0.05, 0) is 53.8 Å². The minimum absolute atomic E-state index is 0.261. The van der Waals surface area contributed by atoms with Gasteiger partial charge in [-0.25, -0.2) is 9.37 Å². The highest BCUT2D eigenvalue weighted by Crippen LogP contribution is 2.35. The number of rotatable bonds is 5. The zero-order valence-electron chi connectivity index (χ0n) is 20.9. The fourth-order valence-corrected chi connectivity index (χ4v) is 5.81. The molecule has 0 amide bonds. The summed E-state index contributed by atoms with van der Waals surface area (Å²) in [6.07, 6.45) is 15.1. The fourth-order valence-electron chi connectivity index (χ4n) is 5.81. The number of pyridine rings is 3. The molecular weight excluding hydrogens is 475 g/mol. The predicted octanol–water partition coefficient (Wildman–Crippen LogP) is 7.49. The minimum Gasteiger partial charge on any atom is -0.338 e. The maximum atomic E-state index is 14.6. The Kier molecular flexibility index (Phi) is 5.69.